The minimum Gasteiger partial charge on any atom is -0.497 e. The van der Waals surface area contributed by atoms with Crippen molar-refractivity contribution in [1.29, 1.82) is 0 Å². The third-order valence-corrected chi connectivity index (χ3v) is 5.97. The average molecular weight is 554 g/mol. The molecule has 3 aromatic rings. The van der Waals surface area contributed by atoms with E-state index in [1.807, 2.05) is 25.1 Å². The SMILES string of the molecule is COc1ccc(N2C(=O)NC(=O)/C(=C\c3cc(Cl)c(OCC(=O)Nc4cccc(C)c4)c(Cl)c3)C2=O)cc1. The summed E-state index contributed by atoms with van der Waals surface area (Å²) in [7, 11) is 1.49. The molecular formula is C27H21Cl2N3O6. The molecule has 0 aliphatic carbocycles. The maximum atomic E-state index is 13.1. The first-order chi connectivity index (χ1) is 18.2. The number of methoxy groups -OCH3 is 1. The molecule has 1 heterocycles. The van der Waals surface area contributed by atoms with Crippen molar-refractivity contribution in [3.8, 4) is 11.5 Å². The van der Waals surface area contributed by atoms with E-state index in [0.717, 1.165) is 10.5 Å². The van der Waals surface area contributed by atoms with Crippen molar-refractivity contribution in [2.75, 3.05) is 23.9 Å². The first kappa shape index (κ1) is 26.7. The van der Waals surface area contributed by atoms with Crippen LogP contribution < -0.4 is 25.0 Å². The van der Waals surface area contributed by atoms with Gasteiger partial charge in [-0.2, -0.15) is 0 Å². The highest BCUT2D eigenvalue weighted by molar-refractivity contribution is 6.40. The number of rotatable bonds is 7. The first-order valence-electron chi connectivity index (χ1n) is 11.2. The van der Waals surface area contributed by atoms with E-state index < -0.39 is 23.8 Å². The standard InChI is InChI=1S/C27H21Cl2N3O6/c1-15-4-3-5-17(10-15)30-23(33)14-38-24-21(28)12-16(13-22(24)29)11-20-25(34)31-27(36)32(26(20)35)18-6-8-19(37-2)9-7-18/h3-13H,14H2,1-2H3,(H,30,33)(H,31,34,36)/b20-11+. The van der Waals surface area contributed by atoms with Gasteiger partial charge >= 0.3 is 6.03 Å². The van der Waals surface area contributed by atoms with Crippen LogP contribution in [0.15, 0.2) is 66.2 Å². The van der Waals surface area contributed by atoms with Gasteiger partial charge in [0.05, 0.1) is 22.8 Å². The molecule has 11 heteroatoms. The highest BCUT2D eigenvalue weighted by atomic mass is 35.5. The molecule has 0 radical (unpaired) electrons. The van der Waals surface area contributed by atoms with Crippen molar-refractivity contribution in [3.63, 3.8) is 0 Å². The van der Waals surface area contributed by atoms with Gasteiger partial charge in [-0.15, -0.1) is 0 Å². The summed E-state index contributed by atoms with van der Waals surface area (Å²) in [6, 6.07) is 15.4. The van der Waals surface area contributed by atoms with E-state index in [-0.39, 0.29) is 33.7 Å². The molecule has 5 amide bonds. The Balaban J connectivity index is 1.52. The molecule has 1 aliphatic heterocycles. The lowest BCUT2D eigenvalue weighted by atomic mass is 10.1. The van der Waals surface area contributed by atoms with Crippen molar-refractivity contribution < 1.29 is 28.7 Å². The highest BCUT2D eigenvalue weighted by Crippen LogP contribution is 2.35. The average Bonchev–Trinajstić information content (AvgIpc) is 2.86. The third kappa shape index (κ3) is 5.96. The Labute approximate surface area is 227 Å². The van der Waals surface area contributed by atoms with Gasteiger partial charge in [0.15, 0.2) is 12.4 Å². The van der Waals surface area contributed by atoms with Crippen LogP contribution >= 0.6 is 23.2 Å². The maximum Gasteiger partial charge on any atom is 0.335 e. The topological polar surface area (TPSA) is 114 Å². The minimum atomic E-state index is -0.883. The lowest BCUT2D eigenvalue weighted by Gasteiger charge is -2.26. The van der Waals surface area contributed by atoms with Gasteiger partial charge in [0.2, 0.25) is 0 Å². The predicted octanol–water partition coefficient (Wildman–Crippen LogP) is 4.99. The summed E-state index contributed by atoms with van der Waals surface area (Å²) < 4.78 is 10.6. The Morgan fingerprint density at radius 1 is 1.03 bits per heavy atom. The summed E-state index contributed by atoms with van der Waals surface area (Å²) in [5.74, 6) is -1.52. The van der Waals surface area contributed by atoms with Crippen LogP contribution in [0.25, 0.3) is 6.08 Å². The molecule has 9 nitrogen and oxygen atoms in total. The van der Waals surface area contributed by atoms with Crippen molar-refractivity contribution >= 4 is 64.4 Å². The molecule has 0 saturated carbocycles. The number of carbonyl (C=O) groups excluding carboxylic acids is 4. The van der Waals surface area contributed by atoms with Crippen LogP contribution in [0.4, 0.5) is 16.2 Å². The summed E-state index contributed by atoms with van der Waals surface area (Å²) in [5.41, 5.74) is 1.85. The summed E-state index contributed by atoms with van der Waals surface area (Å²) in [5, 5.41) is 4.97. The van der Waals surface area contributed by atoms with Gasteiger partial charge in [-0.1, -0.05) is 35.3 Å². The Bertz CT molecular complexity index is 1450. The van der Waals surface area contributed by atoms with Gasteiger partial charge in [-0.3, -0.25) is 19.7 Å². The number of benzene rings is 3. The lowest BCUT2D eigenvalue weighted by molar-refractivity contribution is -0.122. The zero-order valence-corrected chi connectivity index (χ0v) is 21.7. The molecule has 3 aromatic carbocycles. The number of barbiturate groups is 1. The molecule has 0 unspecified atom stereocenters. The molecular weight excluding hydrogens is 533 g/mol. The molecule has 0 atom stereocenters. The smallest absolute Gasteiger partial charge is 0.335 e. The van der Waals surface area contributed by atoms with Crippen LogP contribution in [0.5, 0.6) is 11.5 Å². The largest absolute Gasteiger partial charge is 0.497 e. The maximum absolute atomic E-state index is 13.1. The fourth-order valence-corrected chi connectivity index (χ4v) is 4.26. The number of anilines is 2. The summed E-state index contributed by atoms with van der Waals surface area (Å²) in [6.45, 7) is 1.55. The molecule has 1 fully saturated rings. The number of hydrogen-bond donors (Lipinski definition) is 2. The predicted molar refractivity (Wildman–Crippen MR) is 144 cm³/mol. The molecule has 1 saturated heterocycles. The van der Waals surface area contributed by atoms with Gasteiger partial charge in [0.25, 0.3) is 17.7 Å². The van der Waals surface area contributed by atoms with Crippen LogP contribution in [0, 0.1) is 6.92 Å². The number of ether oxygens (including phenoxy) is 2. The zero-order chi connectivity index (χ0) is 27.4. The molecule has 4 rings (SSSR count). The molecule has 1 aliphatic rings. The van der Waals surface area contributed by atoms with Crippen LogP contribution in [0.3, 0.4) is 0 Å². The molecule has 0 aromatic heterocycles. The fourth-order valence-electron chi connectivity index (χ4n) is 3.65. The van der Waals surface area contributed by atoms with Gasteiger partial charge in [0, 0.05) is 5.69 Å². The van der Waals surface area contributed by atoms with Crippen LogP contribution in [0.1, 0.15) is 11.1 Å². The number of carbonyl (C=O) groups is 4. The van der Waals surface area contributed by atoms with E-state index in [9.17, 15) is 19.2 Å². The Kier molecular flexibility index (Phi) is 7.99. The normalized spacial score (nSPS) is 14.4. The van der Waals surface area contributed by atoms with Gasteiger partial charge in [-0.25, -0.2) is 9.69 Å². The number of urea groups is 1. The Morgan fingerprint density at radius 3 is 2.34 bits per heavy atom. The van der Waals surface area contributed by atoms with E-state index in [1.165, 1.54) is 37.5 Å². The summed E-state index contributed by atoms with van der Waals surface area (Å²) >= 11 is 12.7. The molecule has 2 N–H and O–H groups in total. The second kappa shape index (κ2) is 11.4. The van der Waals surface area contributed by atoms with Crippen molar-refractivity contribution in [1.82, 2.24) is 5.32 Å². The fraction of sp³-hybridized carbons (Fsp3) is 0.111. The van der Waals surface area contributed by atoms with Crippen molar-refractivity contribution in [2.45, 2.75) is 6.92 Å². The van der Waals surface area contributed by atoms with E-state index in [2.05, 4.69) is 10.6 Å². The van der Waals surface area contributed by atoms with Gasteiger partial charge in [-0.05, 0) is 72.7 Å². The second-order valence-electron chi connectivity index (χ2n) is 8.18. The highest BCUT2D eigenvalue weighted by Gasteiger charge is 2.36. The lowest BCUT2D eigenvalue weighted by Crippen LogP contribution is -2.54. The van der Waals surface area contributed by atoms with E-state index in [0.29, 0.717) is 17.0 Å². The number of aryl methyl sites for hydroxylation is 1. The van der Waals surface area contributed by atoms with E-state index >= 15 is 0 Å². The Hall–Kier alpha value is -4.34. The number of imide groups is 2. The number of halogens is 2. The van der Waals surface area contributed by atoms with E-state index in [1.54, 1.807) is 18.2 Å². The monoisotopic (exact) mass is 553 g/mol. The second-order valence-corrected chi connectivity index (χ2v) is 8.99. The molecule has 38 heavy (non-hydrogen) atoms. The van der Waals surface area contributed by atoms with Gasteiger partial charge in [0.1, 0.15) is 11.3 Å². The molecule has 194 valence electrons. The third-order valence-electron chi connectivity index (χ3n) is 5.41. The van der Waals surface area contributed by atoms with E-state index in [4.69, 9.17) is 32.7 Å². The van der Waals surface area contributed by atoms with Crippen LogP contribution in [-0.4, -0.2) is 37.5 Å². The summed E-state index contributed by atoms with van der Waals surface area (Å²) in [6.07, 6.45) is 1.26. The number of hydrogen-bond acceptors (Lipinski definition) is 6. The van der Waals surface area contributed by atoms with Gasteiger partial charge < -0.3 is 14.8 Å². The number of nitrogens with one attached hydrogen (secondary N) is 2. The molecule has 0 bridgehead atoms. The minimum absolute atomic E-state index is 0.0551. The number of amides is 5. The van der Waals surface area contributed by atoms with Crippen molar-refractivity contribution in [2.24, 2.45) is 0 Å². The van der Waals surface area contributed by atoms with Crippen LogP contribution in [-0.2, 0) is 14.4 Å². The van der Waals surface area contributed by atoms with Crippen LogP contribution in [0.2, 0.25) is 10.0 Å². The number of nitrogens with zero attached hydrogens (tertiary/aromatic N) is 1. The summed E-state index contributed by atoms with van der Waals surface area (Å²) in [4.78, 5) is 51.1. The molecule has 0 spiro atoms. The quantitative estimate of drug-likeness (QED) is 0.314. The van der Waals surface area contributed by atoms with Crippen molar-refractivity contribution in [3.05, 3.63) is 87.4 Å². The first-order valence-corrected chi connectivity index (χ1v) is 12.0. The Morgan fingerprint density at radius 2 is 1.71 bits per heavy atom. The zero-order valence-electron chi connectivity index (χ0n) is 20.2.